The second kappa shape index (κ2) is 3.78. The Bertz CT molecular complexity index is 209. The molecule has 0 aromatic rings. The smallest absolute Gasteiger partial charge is 0.115 e. The van der Waals surface area contributed by atoms with Gasteiger partial charge in [0.05, 0.1) is 12.7 Å². The minimum Gasteiger partial charge on any atom is -0.377 e. The van der Waals surface area contributed by atoms with Gasteiger partial charge < -0.3 is 4.74 Å². The lowest BCUT2D eigenvalue weighted by molar-refractivity contribution is 0.00276. The van der Waals surface area contributed by atoms with Crippen LogP contribution >= 0.6 is 0 Å². The molecular weight excluding hydrogens is 181 g/mol. The Kier molecular flexibility index (Phi) is 2.80. The molecule has 2 atom stereocenters. The summed E-state index contributed by atoms with van der Waals surface area (Å²) in [5.41, 5.74) is 0.0453. The number of ether oxygens (including phenoxy) is 1. The fourth-order valence-corrected chi connectivity index (χ4v) is 2.77. The van der Waals surface area contributed by atoms with Gasteiger partial charge >= 0.3 is 0 Å². The van der Waals surface area contributed by atoms with Crippen molar-refractivity contribution in [3.63, 3.8) is 0 Å². The van der Waals surface area contributed by atoms with Gasteiger partial charge in [0.1, 0.15) is 6.17 Å². The number of hydrogen-bond donors (Lipinski definition) is 0. The lowest BCUT2D eigenvalue weighted by Gasteiger charge is -2.32. The highest BCUT2D eigenvalue weighted by Crippen LogP contribution is 2.40. The van der Waals surface area contributed by atoms with Gasteiger partial charge in [0.2, 0.25) is 0 Å². The molecule has 0 unspecified atom stereocenters. The molecule has 0 aromatic carbocycles. The second-order valence-corrected chi connectivity index (χ2v) is 4.94. The van der Waals surface area contributed by atoms with E-state index in [-0.39, 0.29) is 11.6 Å². The summed E-state index contributed by atoms with van der Waals surface area (Å²) in [4.78, 5) is 2.29. The molecule has 2 saturated heterocycles. The van der Waals surface area contributed by atoms with Gasteiger partial charge in [0.25, 0.3) is 0 Å². The van der Waals surface area contributed by atoms with E-state index in [1.165, 1.54) is 6.42 Å². The van der Waals surface area contributed by atoms with E-state index < -0.39 is 6.17 Å². The Labute approximate surface area is 85.4 Å². The first-order valence-electron chi connectivity index (χ1n) is 5.63. The largest absolute Gasteiger partial charge is 0.377 e. The molecule has 0 amide bonds. The van der Waals surface area contributed by atoms with Crippen molar-refractivity contribution in [2.24, 2.45) is 0 Å². The normalized spacial score (nSPS) is 38.1. The van der Waals surface area contributed by atoms with E-state index in [0.717, 1.165) is 13.0 Å². The third kappa shape index (κ3) is 1.80. The Morgan fingerprint density at radius 2 is 2.36 bits per heavy atom. The molecule has 2 nitrogen and oxygen atoms in total. The van der Waals surface area contributed by atoms with Crippen LogP contribution in [0.15, 0.2) is 0 Å². The van der Waals surface area contributed by atoms with Crippen LogP contribution in [0.1, 0.15) is 33.1 Å². The maximum absolute atomic E-state index is 13.3. The van der Waals surface area contributed by atoms with Crippen LogP contribution in [0.4, 0.5) is 4.39 Å². The first-order chi connectivity index (χ1) is 6.62. The van der Waals surface area contributed by atoms with Crippen LogP contribution in [0, 0.1) is 0 Å². The lowest BCUT2D eigenvalue weighted by atomic mass is 9.95. The fourth-order valence-electron chi connectivity index (χ4n) is 2.77. The van der Waals surface area contributed by atoms with Crippen molar-refractivity contribution in [3.05, 3.63) is 0 Å². The van der Waals surface area contributed by atoms with Gasteiger partial charge in [-0.2, -0.15) is 0 Å². The number of hydrogen-bond acceptors (Lipinski definition) is 2. The first kappa shape index (κ1) is 10.4. The lowest BCUT2D eigenvalue weighted by Crippen LogP contribution is -2.43. The summed E-state index contributed by atoms with van der Waals surface area (Å²) >= 11 is 0. The predicted molar refractivity (Wildman–Crippen MR) is 54.1 cm³/mol. The Hall–Kier alpha value is -0.150. The zero-order valence-electron chi connectivity index (χ0n) is 9.13. The summed E-state index contributed by atoms with van der Waals surface area (Å²) in [5, 5.41) is 0. The van der Waals surface area contributed by atoms with Gasteiger partial charge in [-0.1, -0.05) is 0 Å². The van der Waals surface area contributed by atoms with Gasteiger partial charge in [-0.15, -0.1) is 0 Å². The number of nitrogens with zero attached hydrogens (tertiary/aromatic N) is 1. The van der Waals surface area contributed by atoms with E-state index in [1.807, 2.05) is 13.8 Å². The molecule has 3 heteroatoms. The van der Waals surface area contributed by atoms with Gasteiger partial charge in [-0.25, -0.2) is 4.39 Å². The van der Waals surface area contributed by atoms with Crippen LogP contribution in [0.5, 0.6) is 0 Å². The average molecular weight is 201 g/mol. The summed E-state index contributed by atoms with van der Waals surface area (Å²) < 4.78 is 19.0. The molecule has 2 aliphatic rings. The second-order valence-electron chi connectivity index (χ2n) is 4.94. The summed E-state index contributed by atoms with van der Waals surface area (Å²) in [6.07, 6.45) is 2.62. The van der Waals surface area contributed by atoms with E-state index >= 15 is 0 Å². The molecule has 14 heavy (non-hydrogen) atoms. The van der Waals surface area contributed by atoms with E-state index in [1.54, 1.807) is 0 Å². The third-order valence-corrected chi connectivity index (χ3v) is 3.45. The van der Waals surface area contributed by atoms with E-state index in [0.29, 0.717) is 19.6 Å². The zero-order chi connectivity index (χ0) is 10.2. The predicted octanol–water partition coefficient (Wildman–Crippen LogP) is 1.99. The molecule has 2 rings (SSSR count). The van der Waals surface area contributed by atoms with Crippen LogP contribution in [0.2, 0.25) is 0 Å². The molecule has 0 aliphatic carbocycles. The van der Waals surface area contributed by atoms with Gasteiger partial charge in [0, 0.05) is 18.5 Å². The maximum atomic E-state index is 13.3. The summed E-state index contributed by atoms with van der Waals surface area (Å²) in [6.45, 7) is 6.48. The number of fused-ring (bicyclic) bond motifs is 1. The SMILES string of the molecule is CC(C)OC[C@]12CCCN1C[C@H](F)C2. The highest BCUT2D eigenvalue weighted by Gasteiger charge is 2.48. The fraction of sp³-hybridized carbons (Fsp3) is 1.00. The standard InChI is InChI=1S/C11H20FNO/c1-9(2)14-8-11-4-3-5-13(11)7-10(12)6-11/h9-10H,3-8H2,1-2H3/t10-,11-/m1/s1. The Balaban J connectivity index is 1.98. The molecule has 0 spiro atoms. The van der Waals surface area contributed by atoms with Crippen molar-refractivity contribution in [2.75, 3.05) is 19.7 Å². The zero-order valence-corrected chi connectivity index (χ0v) is 9.13. The number of rotatable bonds is 3. The Morgan fingerprint density at radius 1 is 1.57 bits per heavy atom. The molecule has 2 fully saturated rings. The van der Waals surface area contributed by atoms with Gasteiger partial charge in [-0.3, -0.25) is 4.90 Å². The molecule has 2 heterocycles. The third-order valence-electron chi connectivity index (χ3n) is 3.45. The highest BCUT2D eigenvalue weighted by atomic mass is 19.1. The summed E-state index contributed by atoms with van der Waals surface area (Å²) in [7, 11) is 0. The Morgan fingerprint density at radius 3 is 3.07 bits per heavy atom. The van der Waals surface area contributed by atoms with Gasteiger partial charge in [-0.05, 0) is 33.2 Å². The van der Waals surface area contributed by atoms with E-state index in [9.17, 15) is 4.39 Å². The molecule has 0 saturated carbocycles. The first-order valence-corrected chi connectivity index (χ1v) is 5.63. The molecular formula is C11H20FNO. The van der Waals surface area contributed by atoms with Crippen LogP contribution < -0.4 is 0 Å². The molecule has 0 radical (unpaired) electrons. The molecule has 0 bridgehead atoms. The summed E-state index contributed by atoms with van der Waals surface area (Å²) in [6, 6.07) is 0. The van der Waals surface area contributed by atoms with Crippen LogP contribution in [-0.2, 0) is 4.74 Å². The quantitative estimate of drug-likeness (QED) is 0.692. The van der Waals surface area contributed by atoms with Crippen LogP contribution in [-0.4, -0.2) is 42.4 Å². The molecule has 0 aromatic heterocycles. The summed E-state index contributed by atoms with van der Waals surface area (Å²) in [5.74, 6) is 0. The highest BCUT2D eigenvalue weighted by molar-refractivity contribution is 5.03. The van der Waals surface area contributed by atoms with Crippen molar-refractivity contribution in [1.82, 2.24) is 4.90 Å². The van der Waals surface area contributed by atoms with Crippen molar-refractivity contribution in [2.45, 2.75) is 50.9 Å². The van der Waals surface area contributed by atoms with Crippen molar-refractivity contribution >= 4 is 0 Å². The number of halogens is 1. The molecule has 2 aliphatic heterocycles. The van der Waals surface area contributed by atoms with Crippen LogP contribution in [0.25, 0.3) is 0 Å². The topological polar surface area (TPSA) is 12.5 Å². The monoisotopic (exact) mass is 201 g/mol. The van der Waals surface area contributed by atoms with Gasteiger partial charge in [0.15, 0.2) is 0 Å². The number of alkyl halides is 1. The minimum absolute atomic E-state index is 0.0453. The van der Waals surface area contributed by atoms with Crippen molar-refractivity contribution in [3.8, 4) is 0 Å². The van der Waals surface area contributed by atoms with Crippen molar-refractivity contribution in [1.29, 1.82) is 0 Å². The maximum Gasteiger partial charge on any atom is 0.115 e. The van der Waals surface area contributed by atoms with E-state index in [4.69, 9.17) is 4.74 Å². The van der Waals surface area contributed by atoms with Crippen LogP contribution in [0.3, 0.4) is 0 Å². The molecule has 82 valence electrons. The molecule has 0 N–H and O–H groups in total. The van der Waals surface area contributed by atoms with Crippen molar-refractivity contribution < 1.29 is 9.13 Å². The van der Waals surface area contributed by atoms with E-state index in [2.05, 4.69) is 4.90 Å². The minimum atomic E-state index is -0.633. The average Bonchev–Trinajstić information content (AvgIpc) is 2.56.